The molecule has 1 aliphatic carbocycles. The summed E-state index contributed by atoms with van der Waals surface area (Å²) >= 11 is 0. The maximum atomic E-state index is 14.3. The fourth-order valence-electron chi connectivity index (χ4n) is 10.3. The Morgan fingerprint density at radius 2 is 1.14 bits per heavy atom. The summed E-state index contributed by atoms with van der Waals surface area (Å²) in [5.41, 5.74) is 5.83. The Kier molecular flexibility index (Phi) is 12.2. The van der Waals surface area contributed by atoms with Gasteiger partial charge in [-0.3, -0.25) is 9.59 Å². The number of nitrogens with zero attached hydrogens (tertiary/aromatic N) is 4. The van der Waals surface area contributed by atoms with Crippen LogP contribution in [-0.4, -0.2) is 127 Å². The fraction of sp³-hybridized carbons (Fsp3) is 0.522. The van der Waals surface area contributed by atoms with E-state index in [2.05, 4.69) is 82.2 Å². The first-order valence-corrected chi connectivity index (χ1v) is 25.7. The zero-order chi connectivity index (χ0) is 43.8. The number of aromatic amines is 2. The molecule has 0 unspecified atom stereocenters. The molecule has 6 heterocycles. The van der Waals surface area contributed by atoms with Crippen molar-refractivity contribution in [2.75, 3.05) is 46.8 Å². The number of hydrogen-bond donors (Lipinski definition) is 4. The third kappa shape index (κ3) is 9.00. The highest BCUT2D eigenvalue weighted by atomic mass is 28.3. The van der Waals surface area contributed by atoms with E-state index in [9.17, 15) is 19.2 Å². The molecule has 4 aliphatic heterocycles. The highest BCUT2D eigenvalue weighted by Gasteiger charge is 2.57. The smallest absolute Gasteiger partial charge is 0.407 e. The van der Waals surface area contributed by atoms with Crippen LogP contribution in [0.2, 0.25) is 19.1 Å². The largest absolute Gasteiger partial charge is 0.453 e. The average Bonchev–Trinajstić information content (AvgIpc) is 3.76. The van der Waals surface area contributed by atoms with Crippen LogP contribution in [0, 0.1) is 17.8 Å². The topological polar surface area (TPSA) is 193 Å². The minimum atomic E-state index is -1.79. The molecule has 0 spiro atoms. The molecule has 16 nitrogen and oxygen atoms in total. The standard InChI is InChI=1S/C46H58N8O8Si/c1-59-45(57)51-39(31-13-17-61-18-14-31)43(55)53-26-63(3,4)25-38(53)42-48-24-35(50-42)30-11-7-28(8-12-30)27-5-9-29(10-6-27)34-23-47-41(49-34)37-22-33-21-36(33)54(37)44(56)40(52-46(58)60-2)32-15-19-62-20-16-32/h5-12,23-24,31-33,36-40H,13-22,25-26H2,1-4H3,(H,47,49)(H,48,50)(H,51,57)(H,52,58)/t33-,36-,37+,38+,39+,40+/m1/s1. The lowest BCUT2D eigenvalue weighted by molar-refractivity contribution is -0.138. The zero-order valence-electron chi connectivity index (χ0n) is 36.4. The molecule has 334 valence electrons. The second kappa shape index (κ2) is 17.9. The van der Waals surface area contributed by atoms with Gasteiger partial charge in [0.25, 0.3) is 0 Å². The van der Waals surface area contributed by atoms with Gasteiger partial charge in [-0.05, 0) is 84.6 Å². The maximum absolute atomic E-state index is 14.3. The van der Waals surface area contributed by atoms with E-state index in [1.807, 2.05) is 22.2 Å². The van der Waals surface area contributed by atoms with Crippen LogP contribution in [0.15, 0.2) is 60.9 Å². The fourth-order valence-corrected chi connectivity index (χ4v) is 13.2. The first-order chi connectivity index (χ1) is 30.5. The number of nitrogens with one attached hydrogen (secondary N) is 4. The summed E-state index contributed by atoms with van der Waals surface area (Å²) in [5.74, 6) is 1.71. The molecule has 2 aromatic heterocycles. The van der Waals surface area contributed by atoms with Gasteiger partial charge in [-0.1, -0.05) is 61.6 Å². The molecule has 6 atom stereocenters. The number of methoxy groups -OCH3 is 2. The second-order valence-corrected chi connectivity index (χ2v) is 23.6. The summed E-state index contributed by atoms with van der Waals surface area (Å²) in [7, 11) is 0.850. The van der Waals surface area contributed by atoms with Crippen LogP contribution in [0.25, 0.3) is 33.6 Å². The first kappa shape index (κ1) is 42.8. The van der Waals surface area contributed by atoms with Crippen molar-refractivity contribution >= 4 is 32.1 Å². The Labute approximate surface area is 368 Å². The van der Waals surface area contributed by atoms with Gasteiger partial charge in [0.1, 0.15) is 23.7 Å². The van der Waals surface area contributed by atoms with Gasteiger partial charge in [-0.2, -0.15) is 0 Å². The molecule has 17 heteroatoms. The predicted molar refractivity (Wildman–Crippen MR) is 236 cm³/mol. The summed E-state index contributed by atoms with van der Waals surface area (Å²) in [6, 6.07) is 15.9. The molecule has 9 rings (SSSR count). The van der Waals surface area contributed by atoms with Crippen LogP contribution in [0.1, 0.15) is 62.3 Å². The molecule has 4 saturated heterocycles. The number of fused-ring (bicyclic) bond motifs is 1. The number of benzene rings is 2. The molecule has 4 amide bonds. The minimum Gasteiger partial charge on any atom is -0.453 e. The molecule has 4 N–H and O–H groups in total. The van der Waals surface area contributed by atoms with Crippen molar-refractivity contribution in [3.8, 4) is 33.6 Å². The van der Waals surface area contributed by atoms with E-state index in [1.165, 1.54) is 14.2 Å². The van der Waals surface area contributed by atoms with Gasteiger partial charge in [0.15, 0.2) is 0 Å². The van der Waals surface area contributed by atoms with Crippen molar-refractivity contribution in [3.63, 3.8) is 0 Å². The van der Waals surface area contributed by atoms with E-state index in [4.69, 9.17) is 28.9 Å². The number of carbonyl (C=O) groups excluding carboxylic acids is 4. The highest BCUT2D eigenvalue weighted by molar-refractivity contribution is 6.78. The lowest BCUT2D eigenvalue weighted by Crippen LogP contribution is -2.54. The molecular weight excluding hydrogens is 821 g/mol. The summed E-state index contributed by atoms with van der Waals surface area (Å²) in [6.45, 7) is 6.83. The van der Waals surface area contributed by atoms with Crippen LogP contribution < -0.4 is 10.6 Å². The molecule has 4 aromatic rings. The van der Waals surface area contributed by atoms with Gasteiger partial charge < -0.3 is 49.3 Å². The molecule has 0 radical (unpaired) electrons. The number of aromatic nitrogens is 4. The number of piperidine rings is 1. The van der Waals surface area contributed by atoms with Gasteiger partial charge in [0.2, 0.25) is 11.8 Å². The van der Waals surface area contributed by atoms with Crippen molar-refractivity contribution in [3.05, 3.63) is 72.6 Å². The Hall–Kier alpha value is -5.52. The third-order valence-corrected chi connectivity index (χ3v) is 16.5. The van der Waals surface area contributed by atoms with E-state index in [1.54, 1.807) is 0 Å². The van der Waals surface area contributed by atoms with Crippen molar-refractivity contribution in [1.29, 1.82) is 0 Å². The molecule has 63 heavy (non-hydrogen) atoms. The quantitative estimate of drug-likeness (QED) is 0.126. The average molecular weight is 879 g/mol. The van der Waals surface area contributed by atoms with Crippen LogP contribution >= 0.6 is 0 Å². The second-order valence-electron chi connectivity index (χ2n) is 18.6. The highest BCUT2D eigenvalue weighted by Crippen LogP contribution is 2.53. The molecule has 0 bridgehead atoms. The monoisotopic (exact) mass is 878 g/mol. The number of ether oxygens (including phenoxy) is 4. The summed E-state index contributed by atoms with van der Waals surface area (Å²) < 4.78 is 20.9. The lowest BCUT2D eigenvalue weighted by Gasteiger charge is -2.35. The van der Waals surface area contributed by atoms with Crippen molar-refractivity contribution in [2.24, 2.45) is 17.8 Å². The summed E-state index contributed by atoms with van der Waals surface area (Å²) in [6.07, 6.45) is 7.74. The van der Waals surface area contributed by atoms with E-state index in [-0.39, 0.29) is 41.8 Å². The number of likely N-dealkylation sites (tertiary alicyclic amines) is 1. The number of hydrogen-bond acceptors (Lipinski definition) is 10. The Balaban J connectivity index is 0.868. The third-order valence-electron chi connectivity index (χ3n) is 13.8. The number of H-pyrrole nitrogens is 2. The van der Waals surface area contributed by atoms with E-state index >= 15 is 0 Å². The SMILES string of the molecule is COC(=O)N[C@H](C(=O)N1C[Si](C)(C)C[C@H]1c1ncc(-c2ccc(-c3ccc(-c4cnc([C@@H]5C[C@H]6C[C@H]6N5C(=O)[C@@H](NC(=O)OC)C5CCOCC5)[nH]4)cc3)cc2)[nH]1)C1CCOCC1. The summed E-state index contributed by atoms with van der Waals surface area (Å²) in [4.78, 5) is 73.8. The Bertz CT molecular complexity index is 2290. The number of imidazole rings is 2. The first-order valence-electron chi connectivity index (χ1n) is 22.3. The van der Waals surface area contributed by atoms with Gasteiger partial charge in [-0.15, -0.1) is 0 Å². The molecule has 2 aromatic carbocycles. The molecular formula is C46H58N8O8Si. The lowest BCUT2D eigenvalue weighted by atomic mass is 9.90. The molecule has 5 aliphatic rings. The minimum absolute atomic E-state index is 0.0226. The number of alkyl carbamates (subject to hydrolysis) is 2. The number of amides is 4. The number of carbonyl (C=O) groups is 4. The van der Waals surface area contributed by atoms with Crippen LogP contribution in [-0.2, 0) is 28.5 Å². The predicted octanol–water partition coefficient (Wildman–Crippen LogP) is 6.23. The van der Waals surface area contributed by atoms with Gasteiger partial charge in [0.05, 0.1) is 58.2 Å². The van der Waals surface area contributed by atoms with Crippen molar-refractivity contribution in [2.45, 2.75) is 87.9 Å². The van der Waals surface area contributed by atoms with Crippen molar-refractivity contribution < 1.29 is 38.1 Å². The van der Waals surface area contributed by atoms with Gasteiger partial charge in [-0.25, -0.2) is 19.6 Å². The summed E-state index contributed by atoms with van der Waals surface area (Å²) in [5, 5.41) is 5.71. The van der Waals surface area contributed by atoms with Crippen LogP contribution in [0.5, 0.6) is 0 Å². The molecule has 5 fully saturated rings. The van der Waals surface area contributed by atoms with Crippen LogP contribution in [0.4, 0.5) is 9.59 Å². The van der Waals surface area contributed by atoms with Crippen molar-refractivity contribution in [1.82, 2.24) is 40.4 Å². The maximum Gasteiger partial charge on any atom is 0.407 e. The molecule has 1 saturated carbocycles. The zero-order valence-corrected chi connectivity index (χ0v) is 37.4. The Morgan fingerprint density at radius 3 is 1.63 bits per heavy atom. The number of rotatable bonds is 11. The Morgan fingerprint density at radius 1 is 0.683 bits per heavy atom. The van der Waals surface area contributed by atoms with Gasteiger partial charge >= 0.3 is 12.2 Å². The van der Waals surface area contributed by atoms with E-state index in [0.717, 1.165) is 64.2 Å². The van der Waals surface area contributed by atoms with Gasteiger partial charge in [0, 0.05) is 38.6 Å². The van der Waals surface area contributed by atoms with E-state index in [0.29, 0.717) is 64.2 Å². The van der Waals surface area contributed by atoms with E-state index < -0.39 is 32.3 Å². The normalized spacial score (nSPS) is 24.3. The van der Waals surface area contributed by atoms with Crippen LogP contribution in [0.3, 0.4) is 0 Å².